The number of rotatable bonds is 11. The highest BCUT2D eigenvalue weighted by molar-refractivity contribution is 5.86. The molecule has 0 radical (unpaired) electrons. The predicted molar refractivity (Wildman–Crippen MR) is 228 cm³/mol. The molecule has 4 aromatic heterocycles. The van der Waals surface area contributed by atoms with E-state index in [1.165, 1.54) is 0 Å². The molecular weight excluding hydrogens is 697 g/mol. The minimum atomic E-state index is -0.385. The van der Waals surface area contributed by atoms with Crippen LogP contribution < -0.4 is 21.1 Å². The quantitative estimate of drug-likeness (QED) is 0.121. The van der Waals surface area contributed by atoms with E-state index in [2.05, 4.69) is 49.6 Å². The Labute approximate surface area is 325 Å². The van der Waals surface area contributed by atoms with Crippen molar-refractivity contribution in [1.29, 1.82) is 0 Å². The molecule has 0 atom stereocenters. The maximum Gasteiger partial charge on any atom is 0.344 e. The van der Waals surface area contributed by atoms with Gasteiger partial charge in [0.2, 0.25) is 0 Å². The van der Waals surface area contributed by atoms with Crippen LogP contribution in [0.2, 0.25) is 0 Å². The van der Waals surface area contributed by atoms with Gasteiger partial charge >= 0.3 is 11.3 Å². The van der Waals surface area contributed by atoms with Crippen molar-refractivity contribution < 1.29 is 8.83 Å². The average molecular weight is 739 g/mol. The molecule has 8 heteroatoms. The molecule has 0 spiro atoms. The van der Waals surface area contributed by atoms with E-state index in [1.807, 2.05) is 121 Å². The minimum Gasteiger partial charge on any atom is -0.422 e. The summed E-state index contributed by atoms with van der Waals surface area (Å²) in [7, 11) is 0. The molecule has 0 saturated carbocycles. The summed E-state index contributed by atoms with van der Waals surface area (Å²) >= 11 is 0. The van der Waals surface area contributed by atoms with Gasteiger partial charge in [-0.1, -0.05) is 48.5 Å². The lowest BCUT2D eigenvalue weighted by Crippen LogP contribution is -2.21. The lowest BCUT2D eigenvalue weighted by atomic mass is 10.0. The van der Waals surface area contributed by atoms with Gasteiger partial charge in [0, 0.05) is 71.6 Å². The fourth-order valence-electron chi connectivity index (χ4n) is 7.34. The van der Waals surface area contributed by atoms with Gasteiger partial charge in [0.05, 0.1) is 33.9 Å². The Hall–Kier alpha value is -6.80. The first-order chi connectivity index (χ1) is 27.3. The third-order valence-corrected chi connectivity index (χ3v) is 10.4. The number of hydrogen-bond donors (Lipinski definition) is 0. The fraction of sp³-hybridized carbons (Fsp3) is 0.167. The van der Waals surface area contributed by atoms with Crippen LogP contribution in [0.15, 0.2) is 152 Å². The van der Waals surface area contributed by atoms with Crippen molar-refractivity contribution in [2.75, 3.05) is 36.0 Å². The summed E-state index contributed by atoms with van der Waals surface area (Å²) < 4.78 is 11.7. The standard InChI is InChI=1S/C48H42N4O4/c1-5-51(6-2)37-23-21-35-27-39(47(53)55-45(35)29-37)31-13-9-15-33(25-31)41-17-11-19-43(49-41)44-20-12-18-42(50-44)34-16-10-14-32(26-34)40-28-36-22-24-38(52(7-3)8-4)30-46(36)56-48(40)54/h9-30H,5-8H2,1-4H3. The maximum atomic E-state index is 13.3. The zero-order valence-electron chi connectivity index (χ0n) is 32.0. The summed E-state index contributed by atoms with van der Waals surface area (Å²) in [5.74, 6) is 0. The number of nitrogens with zero attached hydrogens (tertiary/aromatic N) is 4. The number of aromatic nitrogens is 2. The largest absolute Gasteiger partial charge is 0.422 e. The SMILES string of the molecule is CCN(CC)c1ccc2cc(-c3cccc(-c4cccc(-c5cccc(-c6cccc(-c7cc8ccc(N(CC)CC)cc8oc7=O)c6)n5)n4)c3)c(=O)oc2c1. The highest BCUT2D eigenvalue weighted by atomic mass is 16.4. The summed E-state index contributed by atoms with van der Waals surface area (Å²) in [6.07, 6.45) is 0. The van der Waals surface area contributed by atoms with Gasteiger partial charge in [0.1, 0.15) is 11.2 Å². The van der Waals surface area contributed by atoms with Gasteiger partial charge in [-0.2, -0.15) is 0 Å². The van der Waals surface area contributed by atoms with Crippen LogP contribution in [0.25, 0.3) is 78.1 Å². The van der Waals surface area contributed by atoms with Crippen LogP contribution in [0.4, 0.5) is 11.4 Å². The van der Waals surface area contributed by atoms with Crippen LogP contribution in [0, 0.1) is 0 Å². The normalized spacial score (nSPS) is 11.3. The first-order valence-electron chi connectivity index (χ1n) is 19.2. The second-order valence-corrected chi connectivity index (χ2v) is 13.7. The molecule has 278 valence electrons. The highest BCUT2D eigenvalue weighted by Gasteiger charge is 2.15. The number of anilines is 2. The molecule has 8 rings (SSSR count). The third-order valence-electron chi connectivity index (χ3n) is 10.4. The van der Waals surface area contributed by atoms with Crippen LogP contribution >= 0.6 is 0 Å². The summed E-state index contributed by atoms with van der Waals surface area (Å²) in [6.45, 7) is 11.9. The topological polar surface area (TPSA) is 92.7 Å². The molecule has 0 N–H and O–H groups in total. The Balaban J connectivity index is 1.08. The average Bonchev–Trinajstić information content (AvgIpc) is 3.24. The molecule has 0 aliphatic heterocycles. The molecule has 0 fully saturated rings. The van der Waals surface area contributed by atoms with E-state index in [9.17, 15) is 9.59 Å². The van der Waals surface area contributed by atoms with Gasteiger partial charge in [-0.05, 0) is 112 Å². The fourth-order valence-corrected chi connectivity index (χ4v) is 7.34. The zero-order valence-corrected chi connectivity index (χ0v) is 32.0. The smallest absolute Gasteiger partial charge is 0.344 e. The van der Waals surface area contributed by atoms with Crippen LogP contribution in [0.1, 0.15) is 27.7 Å². The molecule has 0 bridgehead atoms. The van der Waals surface area contributed by atoms with Gasteiger partial charge < -0.3 is 18.6 Å². The zero-order chi connectivity index (χ0) is 38.8. The predicted octanol–water partition coefficient (Wildman–Crippen LogP) is 10.7. The maximum absolute atomic E-state index is 13.3. The number of benzene rings is 4. The highest BCUT2D eigenvalue weighted by Crippen LogP contribution is 2.31. The van der Waals surface area contributed by atoms with Gasteiger partial charge in [-0.15, -0.1) is 0 Å². The molecule has 8 nitrogen and oxygen atoms in total. The molecule has 4 aromatic carbocycles. The van der Waals surface area contributed by atoms with Crippen molar-refractivity contribution in [3.8, 4) is 56.2 Å². The van der Waals surface area contributed by atoms with E-state index in [0.717, 1.165) is 82.0 Å². The van der Waals surface area contributed by atoms with Crippen LogP contribution in [-0.2, 0) is 0 Å². The number of fused-ring (bicyclic) bond motifs is 2. The Morgan fingerprint density at radius 1 is 0.429 bits per heavy atom. The molecule has 0 amide bonds. The summed E-state index contributed by atoms with van der Waals surface area (Å²) in [5, 5.41) is 1.73. The van der Waals surface area contributed by atoms with Gasteiger partial charge in [-0.3, -0.25) is 0 Å². The van der Waals surface area contributed by atoms with Crippen molar-refractivity contribution in [1.82, 2.24) is 9.97 Å². The minimum absolute atomic E-state index is 0.385. The second kappa shape index (κ2) is 15.5. The van der Waals surface area contributed by atoms with Crippen LogP contribution in [0.3, 0.4) is 0 Å². The molecule has 0 unspecified atom stereocenters. The Bertz CT molecular complexity index is 2640. The molecule has 56 heavy (non-hydrogen) atoms. The van der Waals surface area contributed by atoms with Crippen molar-refractivity contribution in [3.63, 3.8) is 0 Å². The van der Waals surface area contributed by atoms with E-state index in [1.54, 1.807) is 0 Å². The van der Waals surface area contributed by atoms with E-state index >= 15 is 0 Å². The lowest BCUT2D eigenvalue weighted by molar-refractivity contribution is 0.563. The Morgan fingerprint density at radius 3 is 1.21 bits per heavy atom. The number of pyridine rings is 2. The van der Waals surface area contributed by atoms with E-state index in [4.69, 9.17) is 18.8 Å². The molecular formula is C48H42N4O4. The van der Waals surface area contributed by atoms with E-state index in [0.29, 0.717) is 33.7 Å². The van der Waals surface area contributed by atoms with Gasteiger partial charge in [-0.25, -0.2) is 19.6 Å². The van der Waals surface area contributed by atoms with Crippen LogP contribution in [-0.4, -0.2) is 36.1 Å². The van der Waals surface area contributed by atoms with Gasteiger partial charge in [0.15, 0.2) is 0 Å². The number of hydrogen-bond acceptors (Lipinski definition) is 8. The molecule has 0 saturated heterocycles. The first kappa shape index (κ1) is 36.2. The lowest BCUT2D eigenvalue weighted by Gasteiger charge is -2.21. The first-order valence-corrected chi connectivity index (χ1v) is 19.2. The summed E-state index contributed by atoms with van der Waals surface area (Å²) in [4.78, 5) is 41.0. The Morgan fingerprint density at radius 2 is 0.804 bits per heavy atom. The molecule has 4 heterocycles. The van der Waals surface area contributed by atoms with Crippen molar-refractivity contribution in [2.24, 2.45) is 0 Å². The molecule has 0 aliphatic carbocycles. The van der Waals surface area contributed by atoms with Crippen molar-refractivity contribution in [3.05, 3.63) is 154 Å². The van der Waals surface area contributed by atoms with E-state index in [-0.39, 0.29) is 11.3 Å². The van der Waals surface area contributed by atoms with Crippen molar-refractivity contribution >= 4 is 33.3 Å². The molecule has 8 aromatic rings. The summed E-state index contributed by atoms with van der Waals surface area (Å²) in [6, 6.07) is 43.1. The third kappa shape index (κ3) is 7.09. The second-order valence-electron chi connectivity index (χ2n) is 13.7. The monoisotopic (exact) mass is 738 g/mol. The summed E-state index contributed by atoms with van der Waals surface area (Å²) in [5.41, 5.74) is 9.56. The van der Waals surface area contributed by atoms with Crippen LogP contribution in [0.5, 0.6) is 0 Å². The Kier molecular flexibility index (Phi) is 10.0. The van der Waals surface area contributed by atoms with Crippen molar-refractivity contribution in [2.45, 2.75) is 27.7 Å². The van der Waals surface area contributed by atoms with Gasteiger partial charge in [0.25, 0.3) is 0 Å². The molecule has 0 aliphatic rings. The van der Waals surface area contributed by atoms with E-state index < -0.39 is 0 Å².